The van der Waals surface area contributed by atoms with Crippen LogP contribution < -0.4 is 5.32 Å². The Bertz CT molecular complexity index is 578. The van der Waals surface area contributed by atoms with Crippen LogP contribution in [0.25, 0.3) is 10.7 Å². The number of aryl methyl sites for hydroxylation is 1. The molecule has 1 saturated carbocycles. The van der Waals surface area contributed by atoms with Gasteiger partial charge in [0.25, 0.3) is 0 Å². The van der Waals surface area contributed by atoms with E-state index >= 15 is 0 Å². The van der Waals surface area contributed by atoms with Crippen LogP contribution in [0, 0.1) is 5.82 Å². The van der Waals surface area contributed by atoms with Gasteiger partial charge in [-0.1, -0.05) is 6.92 Å². The predicted octanol–water partition coefficient (Wildman–Crippen LogP) is 3.16. The van der Waals surface area contributed by atoms with Crippen molar-refractivity contribution in [2.24, 2.45) is 0 Å². The standard InChI is InChI=1S/C14H16FN3S/c1-2-11-12(8-17-9-5-6-9)19-14(18-11)13-10(15)4-3-7-16-13/h3-4,7,9,17H,2,5-6,8H2,1H3. The van der Waals surface area contributed by atoms with Crippen molar-refractivity contribution >= 4 is 11.3 Å². The summed E-state index contributed by atoms with van der Waals surface area (Å²) in [5, 5.41) is 4.17. The number of halogens is 1. The summed E-state index contributed by atoms with van der Waals surface area (Å²) >= 11 is 1.54. The lowest BCUT2D eigenvalue weighted by molar-refractivity contribution is 0.625. The molecule has 0 saturated heterocycles. The average molecular weight is 277 g/mol. The van der Waals surface area contributed by atoms with E-state index in [1.807, 2.05) is 0 Å². The normalized spacial score (nSPS) is 14.8. The molecular weight excluding hydrogens is 261 g/mol. The highest BCUT2D eigenvalue weighted by molar-refractivity contribution is 7.15. The molecule has 2 aromatic rings. The fraction of sp³-hybridized carbons (Fsp3) is 0.429. The molecule has 0 amide bonds. The van der Waals surface area contributed by atoms with Gasteiger partial charge in [-0.25, -0.2) is 9.37 Å². The average Bonchev–Trinajstić information content (AvgIpc) is 3.16. The van der Waals surface area contributed by atoms with Gasteiger partial charge in [-0.2, -0.15) is 0 Å². The first kappa shape index (κ1) is 12.7. The number of hydrogen-bond acceptors (Lipinski definition) is 4. The second-order valence-corrected chi connectivity index (χ2v) is 5.82. The molecule has 100 valence electrons. The largest absolute Gasteiger partial charge is 0.309 e. The van der Waals surface area contributed by atoms with Gasteiger partial charge in [0.1, 0.15) is 10.7 Å². The highest BCUT2D eigenvalue weighted by Gasteiger charge is 2.22. The number of aromatic nitrogens is 2. The van der Waals surface area contributed by atoms with Gasteiger partial charge in [-0.15, -0.1) is 11.3 Å². The van der Waals surface area contributed by atoms with Gasteiger partial charge in [0.15, 0.2) is 5.82 Å². The smallest absolute Gasteiger partial charge is 0.151 e. The van der Waals surface area contributed by atoms with E-state index in [0.29, 0.717) is 16.7 Å². The predicted molar refractivity (Wildman–Crippen MR) is 74.5 cm³/mol. The maximum Gasteiger partial charge on any atom is 0.151 e. The summed E-state index contributed by atoms with van der Waals surface area (Å²) in [5.74, 6) is -0.305. The lowest BCUT2D eigenvalue weighted by atomic mass is 10.3. The SMILES string of the molecule is CCc1nc(-c2ncccc2F)sc1CNC1CC1. The Balaban J connectivity index is 1.87. The van der Waals surface area contributed by atoms with Crippen LogP contribution in [0.5, 0.6) is 0 Å². The zero-order chi connectivity index (χ0) is 13.2. The molecule has 2 aromatic heterocycles. The molecule has 1 aliphatic rings. The second-order valence-electron chi connectivity index (χ2n) is 4.73. The molecular formula is C14H16FN3S. The van der Waals surface area contributed by atoms with Crippen LogP contribution in [0.3, 0.4) is 0 Å². The number of nitrogens with zero attached hydrogens (tertiary/aromatic N) is 2. The van der Waals surface area contributed by atoms with Crippen LogP contribution in [0.2, 0.25) is 0 Å². The molecule has 0 aliphatic heterocycles. The number of hydrogen-bond donors (Lipinski definition) is 1. The first-order chi connectivity index (χ1) is 9.28. The molecule has 2 heterocycles. The first-order valence-electron chi connectivity index (χ1n) is 6.60. The van der Waals surface area contributed by atoms with Crippen molar-refractivity contribution in [3.8, 4) is 10.7 Å². The monoisotopic (exact) mass is 277 g/mol. The van der Waals surface area contributed by atoms with Gasteiger partial charge in [-0.3, -0.25) is 4.98 Å². The molecule has 0 unspecified atom stereocenters. The van der Waals surface area contributed by atoms with Gasteiger partial charge in [0.05, 0.1) is 5.69 Å². The Hall–Kier alpha value is -1.33. The van der Waals surface area contributed by atoms with Crippen molar-refractivity contribution < 1.29 is 4.39 Å². The molecule has 19 heavy (non-hydrogen) atoms. The van der Waals surface area contributed by atoms with E-state index in [0.717, 1.165) is 18.7 Å². The van der Waals surface area contributed by atoms with E-state index in [4.69, 9.17) is 0 Å². The third-order valence-electron chi connectivity index (χ3n) is 3.20. The zero-order valence-electron chi connectivity index (χ0n) is 10.8. The first-order valence-corrected chi connectivity index (χ1v) is 7.42. The van der Waals surface area contributed by atoms with Crippen LogP contribution in [0.1, 0.15) is 30.3 Å². The maximum atomic E-state index is 13.7. The van der Waals surface area contributed by atoms with E-state index in [2.05, 4.69) is 22.2 Å². The molecule has 5 heteroatoms. The summed E-state index contributed by atoms with van der Waals surface area (Å²) in [6.45, 7) is 2.91. The third kappa shape index (κ3) is 2.82. The molecule has 0 bridgehead atoms. The van der Waals surface area contributed by atoms with E-state index in [-0.39, 0.29) is 5.82 Å². The highest BCUT2D eigenvalue weighted by atomic mass is 32.1. The molecule has 1 aliphatic carbocycles. The Kier molecular flexibility index (Phi) is 3.57. The molecule has 3 rings (SSSR count). The Labute approximate surface area is 115 Å². The Morgan fingerprint density at radius 3 is 3.00 bits per heavy atom. The fourth-order valence-electron chi connectivity index (χ4n) is 1.97. The van der Waals surface area contributed by atoms with E-state index in [1.54, 1.807) is 23.6 Å². The third-order valence-corrected chi connectivity index (χ3v) is 4.31. The van der Waals surface area contributed by atoms with Crippen molar-refractivity contribution in [3.05, 3.63) is 34.7 Å². The summed E-state index contributed by atoms with van der Waals surface area (Å²) in [4.78, 5) is 9.83. The Morgan fingerprint density at radius 1 is 1.47 bits per heavy atom. The number of nitrogens with one attached hydrogen (secondary N) is 1. The van der Waals surface area contributed by atoms with Crippen molar-refractivity contribution in [2.45, 2.75) is 38.8 Å². The van der Waals surface area contributed by atoms with Gasteiger partial charge in [-0.05, 0) is 31.4 Å². The number of rotatable bonds is 5. The molecule has 0 radical (unpaired) electrons. The molecule has 1 fully saturated rings. The summed E-state index contributed by atoms with van der Waals surface area (Å²) in [6, 6.07) is 3.70. The van der Waals surface area contributed by atoms with E-state index in [1.165, 1.54) is 23.8 Å². The molecule has 0 spiro atoms. The maximum absolute atomic E-state index is 13.7. The highest BCUT2D eigenvalue weighted by Crippen LogP contribution is 2.29. The van der Waals surface area contributed by atoms with Crippen molar-refractivity contribution in [2.75, 3.05) is 0 Å². The van der Waals surface area contributed by atoms with Crippen LogP contribution >= 0.6 is 11.3 Å². The van der Waals surface area contributed by atoms with Crippen molar-refractivity contribution in [1.29, 1.82) is 0 Å². The minimum absolute atomic E-state index is 0.305. The van der Waals surface area contributed by atoms with Crippen LogP contribution in [0.4, 0.5) is 4.39 Å². The van der Waals surface area contributed by atoms with Crippen molar-refractivity contribution in [1.82, 2.24) is 15.3 Å². The minimum atomic E-state index is -0.305. The van der Waals surface area contributed by atoms with E-state index in [9.17, 15) is 4.39 Å². The van der Waals surface area contributed by atoms with Gasteiger partial charge >= 0.3 is 0 Å². The van der Waals surface area contributed by atoms with Crippen molar-refractivity contribution in [3.63, 3.8) is 0 Å². The van der Waals surface area contributed by atoms with Crippen LogP contribution in [0.15, 0.2) is 18.3 Å². The molecule has 0 atom stereocenters. The summed E-state index contributed by atoms with van der Waals surface area (Å²) in [6.07, 6.45) is 5.00. The molecule has 0 aromatic carbocycles. The van der Waals surface area contributed by atoms with Gasteiger partial charge in [0, 0.05) is 23.7 Å². The summed E-state index contributed by atoms with van der Waals surface area (Å²) < 4.78 is 13.7. The molecule has 3 nitrogen and oxygen atoms in total. The van der Waals surface area contributed by atoms with Crippen LogP contribution in [-0.4, -0.2) is 16.0 Å². The van der Waals surface area contributed by atoms with Gasteiger partial charge < -0.3 is 5.32 Å². The quantitative estimate of drug-likeness (QED) is 0.912. The zero-order valence-corrected chi connectivity index (χ0v) is 11.6. The minimum Gasteiger partial charge on any atom is -0.309 e. The number of pyridine rings is 1. The topological polar surface area (TPSA) is 37.8 Å². The Morgan fingerprint density at radius 2 is 2.32 bits per heavy atom. The lowest BCUT2D eigenvalue weighted by Gasteiger charge is -2.00. The molecule has 1 N–H and O–H groups in total. The number of thiazole rings is 1. The fourth-order valence-corrected chi connectivity index (χ4v) is 3.07. The van der Waals surface area contributed by atoms with E-state index < -0.39 is 0 Å². The lowest BCUT2D eigenvalue weighted by Crippen LogP contribution is -2.15. The second kappa shape index (κ2) is 5.35. The summed E-state index contributed by atoms with van der Waals surface area (Å²) in [7, 11) is 0. The van der Waals surface area contributed by atoms with Gasteiger partial charge in [0.2, 0.25) is 0 Å². The summed E-state index contributed by atoms with van der Waals surface area (Å²) in [5.41, 5.74) is 1.41. The van der Waals surface area contributed by atoms with Crippen LogP contribution in [-0.2, 0) is 13.0 Å².